The van der Waals surface area contributed by atoms with Crippen LogP contribution in [-0.2, 0) is 9.59 Å². The Labute approximate surface area is 110 Å². The summed E-state index contributed by atoms with van der Waals surface area (Å²) in [4.78, 5) is 27.9. The Balaban J connectivity index is 3.70. The standard InChI is InChI=1S/C14H24N2O2/c1-13(2,15-11-17)9-7-5-6-8-10-14(3,4)16-12-18/h5-10H2,1-4H3. The molecule has 0 N–H and O–H groups in total. The molecule has 4 heteroatoms. The van der Waals surface area contributed by atoms with Crippen molar-refractivity contribution >= 4 is 12.2 Å². The maximum atomic E-state index is 10.2. The molecular formula is C14H24N2O2. The molecule has 0 aromatic carbocycles. The van der Waals surface area contributed by atoms with Gasteiger partial charge >= 0.3 is 0 Å². The average molecular weight is 252 g/mol. The minimum absolute atomic E-state index is 0.289. The molecule has 0 radical (unpaired) electrons. The zero-order valence-corrected chi connectivity index (χ0v) is 12.0. The van der Waals surface area contributed by atoms with Crippen LogP contribution in [0.2, 0.25) is 0 Å². The summed E-state index contributed by atoms with van der Waals surface area (Å²) in [6.07, 6.45) is 9.36. The van der Waals surface area contributed by atoms with Gasteiger partial charge in [-0.2, -0.15) is 9.98 Å². The van der Waals surface area contributed by atoms with Gasteiger partial charge in [-0.1, -0.05) is 25.7 Å². The van der Waals surface area contributed by atoms with Crippen molar-refractivity contribution in [2.24, 2.45) is 9.98 Å². The summed E-state index contributed by atoms with van der Waals surface area (Å²) >= 11 is 0. The highest BCUT2D eigenvalue weighted by Gasteiger charge is 2.16. The molecule has 0 aliphatic rings. The summed E-state index contributed by atoms with van der Waals surface area (Å²) in [6, 6.07) is 0. The third kappa shape index (κ3) is 8.86. The molecule has 0 rings (SSSR count). The first kappa shape index (κ1) is 16.8. The van der Waals surface area contributed by atoms with E-state index in [-0.39, 0.29) is 11.1 Å². The number of isocyanates is 2. The molecule has 0 spiro atoms. The first-order valence-corrected chi connectivity index (χ1v) is 6.51. The van der Waals surface area contributed by atoms with Gasteiger partial charge in [0.15, 0.2) is 0 Å². The van der Waals surface area contributed by atoms with E-state index < -0.39 is 0 Å². The minimum Gasteiger partial charge on any atom is -0.211 e. The number of rotatable bonds is 9. The van der Waals surface area contributed by atoms with Gasteiger partial charge in [0.25, 0.3) is 0 Å². The fourth-order valence-electron chi connectivity index (χ4n) is 1.83. The molecule has 0 bridgehead atoms. The second-order valence-corrected chi connectivity index (χ2v) is 5.95. The van der Waals surface area contributed by atoms with E-state index in [1.165, 1.54) is 0 Å². The van der Waals surface area contributed by atoms with E-state index in [4.69, 9.17) is 0 Å². The predicted molar refractivity (Wildman–Crippen MR) is 72.1 cm³/mol. The molecule has 0 aliphatic heterocycles. The van der Waals surface area contributed by atoms with Gasteiger partial charge in [-0.05, 0) is 40.5 Å². The van der Waals surface area contributed by atoms with E-state index >= 15 is 0 Å². The first-order valence-electron chi connectivity index (χ1n) is 6.51. The van der Waals surface area contributed by atoms with Crippen LogP contribution < -0.4 is 0 Å². The third-order valence-electron chi connectivity index (χ3n) is 3.02. The summed E-state index contributed by atoms with van der Waals surface area (Å²) in [7, 11) is 0. The van der Waals surface area contributed by atoms with E-state index in [2.05, 4.69) is 9.98 Å². The van der Waals surface area contributed by atoms with E-state index in [1.54, 1.807) is 12.2 Å². The van der Waals surface area contributed by atoms with Crippen molar-refractivity contribution in [1.82, 2.24) is 0 Å². The van der Waals surface area contributed by atoms with Gasteiger partial charge in [-0.15, -0.1) is 0 Å². The van der Waals surface area contributed by atoms with Crippen molar-refractivity contribution in [3.63, 3.8) is 0 Å². The summed E-state index contributed by atoms with van der Waals surface area (Å²) in [5, 5.41) is 0. The quantitative estimate of drug-likeness (QED) is 0.358. The van der Waals surface area contributed by atoms with Crippen LogP contribution in [0.15, 0.2) is 9.98 Å². The van der Waals surface area contributed by atoms with Crippen molar-refractivity contribution in [3.05, 3.63) is 0 Å². The zero-order valence-electron chi connectivity index (χ0n) is 12.0. The van der Waals surface area contributed by atoms with E-state index in [0.717, 1.165) is 38.5 Å². The summed E-state index contributed by atoms with van der Waals surface area (Å²) in [5.74, 6) is 0. The molecule has 0 saturated carbocycles. The molecule has 0 unspecified atom stereocenters. The Kier molecular flexibility index (Phi) is 7.42. The number of aliphatic imine (C=N–C) groups is 2. The van der Waals surface area contributed by atoms with Gasteiger partial charge in [-0.3, -0.25) is 0 Å². The topological polar surface area (TPSA) is 58.9 Å². The molecule has 0 aromatic heterocycles. The Morgan fingerprint density at radius 2 is 1.06 bits per heavy atom. The van der Waals surface area contributed by atoms with Crippen LogP contribution in [-0.4, -0.2) is 23.2 Å². The lowest BCUT2D eigenvalue weighted by molar-refractivity contribution is 0.416. The summed E-state index contributed by atoms with van der Waals surface area (Å²) in [6.45, 7) is 7.78. The van der Waals surface area contributed by atoms with Crippen LogP contribution in [0.3, 0.4) is 0 Å². The lowest BCUT2D eigenvalue weighted by atomic mass is 9.94. The average Bonchev–Trinajstić information content (AvgIpc) is 2.22. The monoisotopic (exact) mass is 252 g/mol. The van der Waals surface area contributed by atoms with Gasteiger partial charge in [0, 0.05) is 0 Å². The third-order valence-corrected chi connectivity index (χ3v) is 3.02. The van der Waals surface area contributed by atoms with Gasteiger partial charge in [0.2, 0.25) is 12.2 Å². The van der Waals surface area contributed by atoms with E-state index in [9.17, 15) is 9.59 Å². The fraction of sp³-hybridized carbons (Fsp3) is 0.857. The van der Waals surface area contributed by atoms with Crippen molar-refractivity contribution in [3.8, 4) is 0 Å². The molecule has 0 fully saturated rings. The van der Waals surface area contributed by atoms with Crippen LogP contribution in [0.4, 0.5) is 0 Å². The Morgan fingerprint density at radius 1 is 0.722 bits per heavy atom. The molecular weight excluding hydrogens is 228 g/mol. The molecule has 0 amide bonds. The second kappa shape index (κ2) is 7.97. The lowest BCUT2D eigenvalue weighted by Crippen LogP contribution is -2.16. The van der Waals surface area contributed by atoms with Gasteiger partial charge in [0.1, 0.15) is 0 Å². The minimum atomic E-state index is -0.289. The Hall–Kier alpha value is -1.24. The van der Waals surface area contributed by atoms with Crippen LogP contribution in [0, 0.1) is 0 Å². The largest absolute Gasteiger partial charge is 0.235 e. The molecule has 0 aromatic rings. The normalized spacial score (nSPS) is 11.6. The maximum Gasteiger partial charge on any atom is 0.235 e. The first-order chi connectivity index (χ1) is 8.33. The molecule has 102 valence electrons. The van der Waals surface area contributed by atoms with Crippen molar-refractivity contribution in [2.75, 3.05) is 0 Å². The summed E-state index contributed by atoms with van der Waals surface area (Å²) < 4.78 is 0. The highest BCUT2D eigenvalue weighted by molar-refractivity contribution is 5.34. The van der Waals surface area contributed by atoms with Gasteiger partial charge in [-0.25, -0.2) is 9.59 Å². The Bertz CT molecular complexity index is 302. The summed E-state index contributed by atoms with van der Waals surface area (Å²) in [5.41, 5.74) is -0.578. The molecule has 0 heterocycles. The van der Waals surface area contributed by atoms with Crippen LogP contribution in [0.1, 0.15) is 66.2 Å². The molecule has 0 saturated heterocycles. The fourth-order valence-corrected chi connectivity index (χ4v) is 1.83. The van der Waals surface area contributed by atoms with Gasteiger partial charge in [0.05, 0.1) is 11.1 Å². The lowest BCUT2D eigenvalue weighted by Gasteiger charge is -2.18. The number of hydrogen-bond acceptors (Lipinski definition) is 4. The zero-order chi connectivity index (χ0) is 14.1. The second-order valence-electron chi connectivity index (χ2n) is 5.95. The van der Waals surface area contributed by atoms with Crippen molar-refractivity contribution < 1.29 is 9.59 Å². The number of hydrogen-bond donors (Lipinski definition) is 0. The van der Waals surface area contributed by atoms with Crippen LogP contribution in [0.25, 0.3) is 0 Å². The molecule has 18 heavy (non-hydrogen) atoms. The Morgan fingerprint density at radius 3 is 1.33 bits per heavy atom. The number of nitrogens with zero attached hydrogens (tertiary/aromatic N) is 2. The highest BCUT2D eigenvalue weighted by atomic mass is 16.1. The van der Waals surface area contributed by atoms with E-state index in [0.29, 0.717) is 0 Å². The maximum absolute atomic E-state index is 10.2. The SMILES string of the molecule is CC(C)(CCCCCCC(C)(C)N=C=O)N=C=O. The smallest absolute Gasteiger partial charge is 0.211 e. The van der Waals surface area contributed by atoms with Crippen molar-refractivity contribution in [1.29, 1.82) is 0 Å². The van der Waals surface area contributed by atoms with Crippen LogP contribution >= 0.6 is 0 Å². The van der Waals surface area contributed by atoms with E-state index in [1.807, 2.05) is 27.7 Å². The molecule has 4 nitrogen and oxygen atoms in total. The predicted octanol–water partition coefficient (Wildman–Crippen LogP) is 3.56. The van der Waals surface area contributed by atoms with Crippen LogP contribution in [0.5, 0.6) is 0 Å². The van der Waals surface area contributed by atoms with Crippen molar-refractivity contribution in [2.45, 2.75) is 77.3 Å². The van der Waals surface area contributed by atoms with Gasteiger partial charge < -0.3 is 0 Å². The number of carbonyl (C=O) groups excluding carboxylic acids is 2. The molecule has 0 aliphatic carbocycles. The number of unbranched alkanes of at least 4 members (excludes halogenated alkanes) is 3. The molecule has 0 atom stereocenters. The highest BCUT2D eigenvalue weighted by Crippen LogP contribution is 2.21.